The van der Waals surface area contributed by atoms with Crippen LogP contribution in [0.25, 0.3) is 77.6 Å². The van der Waals surface area contributed by atoms with Gasteiger partial charge in [-0.15, -0.1) is 0 Å². The molecule has 0 radical (unpaired) electrons. The van der Waals surface area contributed by atoms with Crippen molar-refractivity contribution in [2.24, 2.45) is 11.5 Å². The van der Waals surface area contributed by atoms with Crippen LogP contribution in [0.2, 0.25) is 0 Å². The number of nitrogens with one attached hydrogen (secondary N) is 1. The zero-order valence-electron chi connectivity index (χ0n) is 34.1. The first-order valence-corrected chi connectivity index (χ1v) is 20.5. The SMILES string of the molecule is Cc1cccc(-c2ccccc2)c1.N=C(N)c1ccc(-c2ccccc2)c2oc3c(-c4ccccc4)cc(-c4ccccc4)cc3c12.NCc1ccc(-c2ccccc2)cc1. The van der Waals surface area contributed by atoms with E-state index in [1.807, 2.05) is 91.0 Å². The van der Waals surface area contributed by atoms with Gasteiger partial charge in [-0.25, -0.2) is 0 Å². The first-order valence-electron chi connectivity index (χ1n) is 20.5. The number of benzene rings is 9. The molecule has 10 aromatic rings. The van der Waals surface area contributed by atoms with E-state index >= 15 is 0 Å². The summed E-state index contributed by atoms with van der Waals surface area (Å²) in [4.78, 5) is 0. The molecule has 0 fully saturated rings. The number of furan rings is 1. The van der Waals surface area contributed by atoms with Gasteiger partial charge in [0.05, 0.1) is 0 Å². The summed E-state index contributed by atoms with van der Waals surface area (Å²) in [5.74, 6) is 0.0266. The summed E-state index contributed by atoms with van der Waals surface area (Å²) in [7, 11) is 0. The van der Waals surface area contributed by atoms with Gasteiger partial charge >= 0.3 is 0 Å². The summed E-state index contributed by atoms with van der Waals surface area (Å²) < 4.78 is 6.65. The van der Waals surface area contributed by atoms with Gasteiger partial charge in [0.2, 0.25) is 0 Å². The molecule has 0 atom stereocenters. The molecule has 0 aliphatic carbocycles. The lowest BCUT2D eigenvalue weighted by atomic mass is 9.93. The van der Waals surface area contributed by atoms with E-state index in [0.717, 1.165) is 55.3 Å². The largest absolute Gasteiger partial charge is 0.455 e. The highest BCUT2D eigenvalue weighted by Crippen LogP contribution is 2.43. The number of aryl methyl sites for hydroxylation is 1. The lowest BCUT2D eigenvalue weighted by Crippen LogP contribution is -2.11. The Morgan fingerprint density at radius 2 is 0.885 bits per heavy atom. The second-order valence-electron chi connectivity index (χ2n) is 14.9. The first-order chi connectivity index (χ1) is 30.0. The fourth-order valence-corrected chi connectivity index (χ4v) is 7.60. The van der Waals surface area contributed by atoms with Gasteiger partial charge in [0.15, 0.2) is 0 Å². The molecule has 0 saturated heterocycles. The molecule has 296 valence electrons. The quantitative estimate of drug-likeness (QED) is 0.111. The molecule has 61 heavy (non-hydrogen) atoms. The molecule has 4 nitrogen and oxygen atoms in total. The summed E-state index contributed by atoms with van der Waals surface area (Å²) in [6.07, 6.45) is 0. The van der Waals surface area contributed by atoms with E-state index in [9.17, 15) is 0 Å². The van der Waals surface area contributed by atoms with E-state index in [0.29, 0.717) is 12.1 Å². The molecular weight excluding hydrogens is 743 g/mol. The lowest BCUT2D eigenvalue weighted by molar-refractivity contribution is 0.671. The molecule has 0 unspecified atom stereocenters. The van der Waals surface area contributed by atoms with Crippen molar-refractivity contribution < 1.29 is 4.42 Å². The van der Waals surface area contributed by atoms with E-state index < -0.39 is 0 Å². The second-order valence-corrected chi connectivity index (χ2v) is 14.9. The van der Waals surface area contributed by atoms with Gasteiger partial charge in [0, 0.05) is 34.0 Å². The lowest BCUT2D eigenvalue weighted by Gasteiger charge is -2.08. The van der Waals surface area contributed by atoms with Crippen molar-refractivity contribution in [2.75, 3.05) is 0 Å². The topological polar surface area (TPSA) is 89.0 Å². The van der Waals surface area contributed by atoms with Crippen LogP contribution in [0.4, 0.5) is 0 Å². The van der Waals surface area contributed by atoms with E-state index in [4.69, 9.17) is 21.3 Å². The molecular formula is C57H47N3O. The Kier molecular flexibility index (Phi) is 12.4. The van der Waals surface area contributed by atoms with Gasteiger partial charge in [-0.3, -0.25) is 5.41 Å². The van der Waals surface area contributed by atoms with Crippen molar-refractivity contribution >= 4 is 27.8 Å². The first kappa shape index (κ1) is 40.0. The van der Waals surface area contributed by atoms with Crippen LogP contribution in [-0.2, 0) is 6.54 Å². The van der Waals surface area contributed by atoms with Crippen molar-refractivity contribution in [2.45, 2.75) is 13.5 Å². The van der Waals surface area contributed by atoms with E-state index in [1.165, 1.54) is 33.4 Å². The molecule has 0 bridgehead atoms. The molecule has 1 aromatic heterocycles. The van der Waals surface area contributed by atoms with Crippen LogP contribution in [0.3, 0.4) is 0 Å². The minimum absolute atomic E-state index is 0.0266. The van der Waals surface area contributed by atoms with Gasteiger partial charge in [-0.1, -0.05) is 206 Å². The molecule has 4 heteroatoms. The Morgan fingerprint density at radius 3 is 1.39 bits per heavy atom. The Labute approximate surface area is 357 Å². The fourth-order valence-electron chi connectivity index (χ4n) is 7.60. The standard InChI is InChI=1S/C31H22N2O.C13H13N.C13H12/c32-31(33)25-17-16-24(21-12-6-2-7-13-21)30-28(25)27-19-23(20-10-4-1-5-11-20)18-26(29(27)34-30)22-14-8-3-9-15-22;14-10-11-6-8-13(9-7-11)12-4-2-1-3-5-12;1-11-6-5-9-13(10-11)12-7-3-2-4-8-12/h1-19H,(H3,32,33);1-9H,10,14H2;2-10H,1H3. The Balaban J connectivity index is 0.000000155. The zero-order chi connectivity index (χ0) is 42.0. The highest BCUT2D eigenvalue weighted by molar-refractivity contribution is 6.22. The maximum atomic E-state index is 8.28. The predicted molar refractivity (Wildman–Crippen MR) is 257 cm³/mol. The highest BCUT2D eigenvalue weighted by atomic mass is 16.3. The third-order valence-corrected chi connectivity index (χ3v) is 10.7. The number of amidine groups is 1. The predicted octanol–water partition coefficient (Wildman–Crippen LogP) is 14.3. The number of rotatable bonds is 7. The Morgan fingerprint density at radius 1 is 0.426 bits per heavy atom. The van der Waals surface area contributed by atoms with Gasteiger partial charge in [-0.05, 0) is 81.3 Å². The zero-order valence-corrected chi connectivity index (χ0v) is 34.1. The molecule has 0 amide bonds. The number of nitrogen functional groups attached to an aromatic ring is 1. The number of hydrogen-bond acceptors (Lipinski definition) is 3. The van der Waals surface area contributed by atoms with E-state index in [-0.39, 0.29) is 5.84 Å². The Hall–Kier alpha value is -7.79. The molecule has 0 aliphatic rings. The number of fused-ring (bicyclic) bond motifs is 3. The minimum Gasteiger partial charge on any atom is -0.455 e. The summed E-state index contributed by atoms with van der Waals surface area (Å²) in [5.41, 5.74) is 27.7. The van der Waals surface area contributed by atoms with Crippen molar-refractivity contribution in [1.29, 1.82) is 5.41 Å². The van der Waals surface area contributed by atoms with Gasteiger partial charge in [0.25, 0.3) is 0 Å². The summed E-state index contributed by atoms with van der Waals surface area (Å²) in [5, 5.41) is 10.1. The molecule has 0 spiro atoms. The summed E-state index contributed by atoms with van der Waals surface area (Å²) in [6, 6.07) is 76.8. The third kappa shape index (κ3) is 9.26. The summed E-state index contributed by atoms with van der Waals surface area (Å²) >= 11 is 0. The maximum Gasteiger partial charge on any atom is 0.144 e. The third-order valence-electron chi connectivity index (χ3n) is 10.7. The summed E-state index contributed by atoms with van der Waals surface area (Å²) in [6.45, 7) is 2.72. The van der Waals surface area contributed by atoms with Gasteiger partial charge in [0.1, 0.15) is 17.0 Å². The van der Waals surface area contributed by atoms with Crippen LogP contribution >= 0.6 is 0 Å². The molecule has 1 heterocycles. The van der Waals surface area contributed by atoms with Crippen LogP contribution < -0.4 is 11.5 Å². The van der Waals surface area contributed by atoms with Crippen LogP contribution in [0.15, 0.2) is 229 Å². The van der Waals surface area contributed by atoms with Gasteiger partial charge in [-0.2, -0.15) is 0 Å². The van der Waals surface area contributed by atoms with Crippen LogP contribution in [-0.4, -0.2) is 5.84 Å². The van der Waals surface area contributed by atoms with Crippen molar-refractivity contribution in [3.05, 3.63) is 241 Å². The average molecular weight is 790 g/mol. The van der Waals surface area contributed by atoms with Crippen LogP contribution in [0.1, 0.15) is 16.7 Å². The van der Waals surface area contributed by atoms with E-state index in [1.54, 1.807) is 0 Å². The minimum atomic E-state index is 0.0266. The fraction of sp³-hybridized carbons (Fsp3) is 0.0351. The molecule has 9 aromatic carbocycles. The maximum absolute atomic E-state index is 8.28. The van der Waals surface area contributed by atoms with Crippen molar-refractivity contribution in [3.63, 3.8) is 0 Å². The Bertz CT molecular complexity index is 3000. The molecule has 5 N–H and O–H groups in total. The second kappa shape index (κ2) is 18.9. The van der Waals surface area contributed by atoms with Crippen LogP contribution in [0.5, 0.6) is 0 Å². The van der Waals surface area contributed by atoms with Crippen LogP contribution in [0, 0.1) is 12.3 Å². The smallest absolute Gasteiger partial charge is 0.144 e. The molecule has 10 rings (SSSR count). The highest BCUT2D eigenvalue weighted by Gasteiger charge is 2.21. The van der Waals surface area contributed by atoms with E-state index in [2.05, 4.69) is 140 Å². The number of nitrogens with two attached hydrogens (primary N) is 2. The van der Waals surface area contributed by atoms with Crippen molar-refractivity contribution in [3.8, 4) is 55.6 Å². The average Bonchev–Trinajstić information content (AvgIpc) is 3.72. The van der Waals surface area contributed by atoms with Crippen molar-refractivity contribution in [1.82, 2.24) is 0 Å². The molecule has 0 aliphatic heterocycles. The monoisotopic (exact) mass is 789 g/mol. The van der Waals surface area contributed by atoms with Gasteiger partial charge < -0.3 is 15.9 Å². The normalized spacial score (nSPS) is 10.7. The number of hydrogen-bond donors (Lipinski definition) is 3. The molecule has 0 saturated carbocycles.